The lowest BCUT2D eigenvalue weighted by molar-refractivity contribution is -0.150. The molecule has 1 aromatic heterocycles. The molecule has 1 aliphatic heterocycles. The molecule has 2 fully saturated rings. The highest BCUT2D eigenvalue weighted by Crippen LogP contribution is 2.37. The molecule has 28 heavy (non-hydrogen) atoms. The van der Waals surface area contributed by atoms with Crippen molar-refractivity contribution in [2.24, 2.45) is 5.92 Å². The molecule has 1 saturated heterocycles. The Bertz CT molecular complexity index is 761. The standard InChI is InChI=1S/C20H27N5O3/c1-2-3-4-18-11-24(12-19(28-18)15-5-6-15)20(26)13-27-17-9-7-16(8-10-17)25-14-21-22-23-25/h7-10,14-15,18-19H,2-6,11-13H2,1H3/t18-,19-/m1/s1. The summed E-state index contributed by atoms with van der Waals surface area (Å²) in [5, 5.41) is 11.1. The Labute approximate surface area is 164 Å². The number of rotatable bonds is 8. The zero-order valence-corrected chi connectivity index (χ0v) is 16.2. The van der Waals surface area contributed by atoms with Crippen molar-refractivity contribution in [3.8, 4) is 11.4 Å². The number of benzene rings is 1. The van der Waals surface area contributed by atoms with Crippen LogP contribution >= 0.6 is 0 Å². The van der Waals surface area contributed by atoms with Gasteiger partial charge in [-0.15, -0.1) is 5.10 Å². The van der Waals surface area contributed by atoms with Crippen LogP contribution in [0.4, 0.5) is 0 Å². The van der Waals surface area contributed by atoms with Crippen LogP contribution in [-0.4, -0.2) is 62.9 Å². The molecule has 0 spiro atoms. The Morgan fingerprint density at radius 3 is 2.75 bits per heavy atom. The van der Waals surface area contributed by atoms with Gasteiger partial charge in [-0.2, -0.15) is 0 Å². The number of carbonyl (C=O) groups excluding carboxylic acids is 1. The van der Waals surface area contributed by atoms with Crippen molar-refractivity contribution < 1.29 is 14.3 Å². The molecule has 8 nitrogen and oxygen atoms in total. The quantitative estimate of drug-likeness (QED) is 0.693. The van der Waals surface area contributed by atoms with E-state index in [1.165, 1.54) is 19.2 Å². The Morgan fingerprint density at radius 1 is 1.25 bits per heavy atom. The van der Waals surface area contributed by atoms with Crippen LogP contribution in [0, 0.1) is 5.92 Å². The van der Waals surface area contributed by atoms with Crippen LogP contribution in [0.25, 0.3) is 5.69 Å². The smallest absolute Gasteiger partial charge is 0.260 e. The van der Waals surface area contributed by atoms with Gasteiger partial charge < -0.3 is 14.4 Å². The predicted molar refractivity (Wildman–Crippen MR) is 102 cm³/mol. The third kappa shape index (κ3) is 4.67. The van der Waals surface area contributed by atoms with Gasteiger partial charge in [-0.3, -0.25) is 4.79 Å². The van der Waals surface area contributed by atoms with E-state index in [9.17, 15) is 4.79 Å². The zero-order chi connectivity index (χ0) is 19.3. The molecule has 150 valence electrons. The largest absolute Gasteiger partial charge is 0.484 e. The van der Waals surface area contributed by atoms with E-state index in [0.29, 0.717) is 24.8 Å². The van der Waals surface area contributed by atoms with Crippen LogP contribution in [0.3, 0.4) is 0 Å². The van der Waals surface area contributed by atoms with Crippen molar-refractivity contribution in [2.75, 3.05) is 19.7 Å². The van der Waals surface area contributed by atoms with Crippen LogP contribution < -0.4 is 4.74 Å². The number of hydrogen-bond acceptors (Lipinski definition) is 6. The zero-order valence-electron chi connectivity index (χ0n) is 16.2. The van der Waals surface area contributed by atoms with Crippen molar-refractivity contribution in [2.45, 2.75) is 51.2 Å². The first-order valence-corrected chi connectivity index (χ1v) is 10.1. The molecule has 0 radical (unpaired) electrons. The molecule has 1 amide bonds. The van der Waals surface area contributed by atoms with Gasteiger partial charge in [-0.1, -0.05) is 19.8 Å². The number of carbonyl (C=O) groups is 1. The van der Waals surface area contributed by atoms with Gasteiger partial charge in [0.25, 0.3) is 5.91 Å². The molecule has 2 aromatic rings. The molecule has 2 heterocycles. The number of hydrogen-bond donors (Lipinski definition) is 0. The Hall–Kier alpha value is -2.48. The maximum atomic E-state index is 12.7. The van der Waals surface area contributed by atoms with Gasteiger partial charge in [-0.05, 0) is 59.9 Å². The first-order valence-electron chi connectivity index (χ1n) is 10.1. The molecular weight excluding hydrogens is 358 g/mol. The van der Waals surface area contributed by atoms with Crippen LogP contribution in [0.2, 0.25) is 0 Å². The normalized spacial score (nSPS) is 22.2. The lowest BCUT2D eigenvalue weighted by Gasteiger charge is -2.38. The molecule has 8 heteroatoms. The second-order valence-electron chi connectivity index (χ2n) is 7.61. The molecular formula is C20H27N5O3. The lowest BCUT2D eigenvalue weighted by Crippen LogP contribution is -2.52. The Kier molecular flexibility index (Phi) is 5.85. The topological polar surface area (TPSA) is 82.4 Å². The monoisotopic (exact) mass is 385 g/mol. The fourth-order valence-corrected chi connectivity index (χ4v) is 3.60. The Balaban J connectivity index is 1.31. The molecule has 1 aliphatic carbocycles. The maximum Gasteiger partial charge on any atom is 0.260 e. The first-order chi connectivity index (χ1) is 13.7. The minimum atomic E-state index is 0.0278. The van der Waals surface area contributed by atoms with E-state index in [1.54, 1.807) is 4.68 Å². The summed E-state index contributed by atoms with van der Waals surface area (Å²) in [6.07, 6.45) is 7.61. The predicted octanol–water partition coefficient (Wildman–Crippen LogP) is 2.24. The minimum absolute atomic E-state index is 0.0278. The maximum absolute atomic E-state index is 12.7. The summed E-state index contributed by atoms with van der Waals surface area (Å²) in [6.45, 7) is 3.59. The molecule has 0 unspecified atom stereocenters. The SMILES string of the molecule is CCCC[C@@H]1CN(C(=O)COc2ccc(-n3cnnn3)cc2)C[C@H](C2CC2)O1. The second-order valence-corrected chi connectivity index (χ2v) is 7.61. The van der Waals surface area contributed by atoms with E-state index < -0.39 is 0 Å². The van der Waals surface area contributed by atoms with E-state index in [1.807, 2.05) is 29.2 Å². The van der Waals surface area contributed by atoms with Crippen LogP contribution in [0.5, 0.6) is 5.75 Å². The van der Waals surface area contributed by atoms with Gasteiger partial charge in [0.2, 0.25) is 0 Å². The molecule has 0 bridgehead atoms. The number of morpholine rings is 1. The summed E-state index contributed by atoms with van der Waals surface area (Å²) in [5.41, 5.74) is 0.836. The number of ether oxygens (including phenoxy) is 2. The summed E-state index contributed by atoms with van der Waals surface area (Å²) in [4.78, 5) is 14.7. The van der Waals surface area contributed by atoms with Crippen molar-refractivity contribution in [1.29, 1.82) is 0 Å². The van der Waals surface area contributed by atoms with Crippen molar-refractivity contribution in [3.63, 3.8) is 0 Å². The summed E-state index contributed by atoms with van der Waals surface area (Å²) >= 11 is 0. The van der Waals surface area contributed by atoms with Crippen LogP contribution in [-0.2, 0) is 9.53 Å². The van der Waals surface area contributed by atoms with Crippen molar-refractivity contribution >= 4 is 5.91 Å². The van der Waals surface area contributed by atoms with Gasteiger partial charge in [0.05, 0.1) is 17.9 Å². The number of nitrogens with zero attached hydrogens (tertiary/aromatic N) is 5. The van der Waals surface area contributed by atoms with Gasteiger partial charge >= 0.3 is 0 Å². The fourth-order valence-electron chi connectivity index (χ4n) is 3.60. The third-order valence-corrected chi connectivity index (χ3v) is 5.38. The average molecular weight is 385 g/mol. The van der Waals surface area contributed by atoms with E-state index in [0.717, 1.165) is 24.9 Å². The number of tetrazole rings is 1. The highest BCUT2D eigenvalue weighted by Gasteiger charge is 2.39. The molecule has 1 aromatic carbocycles. The van der Waals surface area contributed by atoms with E-state index in [2.05, 4.69) is 22.4 Å². The summed E-state index contributed by atoms with van der Waals surface area (Å²) in [6, 6.07) is 7.35. The van der Waals surface area contributed by atoms with Crippen LogP contribution in [0.15, 0.2) is 30.6 Å². The fraction of sp³-hybridized carbons (Fsp3) is 0.600. The first kappa shape index (κ1) is 18.9. The Morgan fingerprint density at radius 2 is 2.07 bits per heavy atom. The molecule has 0 N–H and O–H groups in total. The number of amides is 1. The molecule has 2 atom stereocenters. The van der Waals surface area contributed by atoms with Crippen molar-refractivity contribution in [1.82, 2.24) is 25.1 Å². The third-order valence-electron chi connectivity index (χ3n) is 5.38. The average Bonchev–Trinajstić information content (AvgIpc) is 3.45. The molecule has 2 aliphatic rings. The van der Waals surface area contributed by atoms with E-state index in [-0.39, 0.29) is 24.7 Å². The highest BCUT2D eigenvalue weighted by atomic mass is 16.5. The van der Waals surface area contributed by atoms with E-state index >= 15 is 0 Å². The summed E-state index contributed by atoms with van der Waals surface area (Å²) in [5.74, 6) is 1.30. The van der Waals surface area contributed by atoms with Gasteiger partial charge in [0, 0.05) is 13.1 Å². The lowest BCUT2D eigenvalue weighted by atomic mass is 10.1. The summed E-state index contributed by atoms with van der Waals surface area (Å²) < 4.78 is 13.5. The number of aromatic nitrogens is 4. The van der Waals surface area contributed by atoms with Gasteiger partial charge in [0.15, 0.2) is 6.61 Å². The molecule has 4 rings (SSSR count). The van der Waals surface area contributed by atoms with E-state index in [4.69, 9.17) is 9.47 Å². The summed E-state index contributed by atoms with van der Waals surface area (Å²) in [7, 11) is 0. The van der Waals surface area contributed by atoms with Gasteiger partial charge in [0.1, 0.15) is 12.1 Å². The van der Waals surface area contributed by atoms with Crippen molar-refractivity contribution in [3.05, 3.63) is 30.6 Å². The van der Waals surface area contributed by atoms with Crippen LogP contribution in [0.1, 0.15) is 39.0 Å². The molecule has 1 saturated carbocycles. The second kappa shape index (κ2) is 8.68. The highest BCUT2D eigenvalue weighted by molar-refractivity contribution is 5.78. The number of unbranched alkanes of at least 4 members (excludes halogenated alkanes) is 1. The van der Waals surface area contributed by atoms with Gasteiger partial charge in [-0.25, -0.2) is 4.68 Å². The minimum Gasteiger partial charge on any atom is -0.484 e.